The van der Waals surface area contributed by atoms with E-state index in [-0.39, 0.29) is 0 Å². The van der Waals surface area contributed by atoms with E-state index in [2.05, 4.69) is 23.1 Å². The minimum Gasteiger partial charge on any atom is -0.355 e. The highest BCUT2D eigenvalue weighted by molar-refractivity contribution is 6.30. The molecule has 1 fully saturated rings. The summed E-state index contributed by atoms with van der Waals surface area (Å²) in [7, 11) is 0. The Hall–Kier alpha value is -2.83. The minimum absolute atomic E-state index is 0.638. The standard InChI is InChI=1S/C23H20ClN3/c24-19-11-9-17(10-12-19)20-15-22(18-7-3-1-4-8-18)26-23(21(20)16-25)27-13-5-2-6-14-27/h1,3-4,7-12,15H,2,5-6,13-14H2. The first-order valence-corrected chi connectivity index (χ1v) is 9.65. The molecule has 134 valence electrons. The third-order valence-corrected chi connectivity index (χ3v) is 5.24. The average Bonchev–Trinajstić information content (AvgIpc) is 2.74. The minimum atomic E-state index is 0.638. The fraction of sp³-hybridized carbons (Fsp3) is 0.217. The predicted octanol–water partition coefficient (Wildman–Crippen LogP) is 5.93. The molecule has 0 unspecified atom stereocenters. The third-order valence-electron chi connectivity index (χ3n) is 4.99. The van der Waals surface area contributed by atoms with Crippen molar-refractivity contribution < 1.29 is 0 Å². The van der Waals surface area contributed by atoms with E-state index in [1.165, 1.54) is 6.42 Å². The van der Waals surface area contributed by atoms with Crippen LogP contribution in [0.5, 0.6) is 0 Å². The van der Waals surface area contributed by atoms with Gasteiger partial charge in [0, 0.05) is 29.2 Å². The molecular formula is C23H20ClN3. The first kappa shape index (κ1) is 17.6. The van der Waals surface area contributed by atoms with Crippen LogP contribution >= 0.6 is 11.6 Å². The van der Waals surface area contributed by atoms with Gasteiger partial charge in [-0.25, -0.2) is 4.98 Å². The maximum Gasteiger partial charge on any atom is 0.147 e. The zero-order valence-electron chi connectivity index (χ0n) is 15.0. The van der Waals surface area contributed by atoms with Gasteiger partial charge in [0.2, 0.25) is 0 Å². The highest BCUT2D eigenvalue weighted by Gasteiger charge is 2.21. The summed E-state index contributed by atoms with van der Waals surface area (Å²) < 4.78 is 0. The van der Waals surface area contributed by atoms with Gasteiger partial charge in [0.25, 0.3) is 0 Å². The quantitative estimate of drug-likeness (QED) is 0.571. The van der Waals surface area contributed by atoms with E-state index in [9.17, 15) is 5.26 Å². The van der Waals surface area contributed by atoms with Gasteiger partial charge in [0.15, 0.2) is 0 Å². The van der Waals surface area contributed by atoms with Gasteiger partial charge < -0.3 is 4.90 Å². The first-order chi connectivity index (χ1) is 13.3. The van der Waals surface area contributed by atoms with E-state index in [4.69, 9.17) is 16.6 Å². The fourth-order valence-corrected chi connectivity index (χ4v) is 3.72. The molecule has 4 rings (SSSR count). The Balaban J connectivity index is 1.93. The van der Waals surface area contributed by atoms with E-state index in [1.54, 1.807) is 0 Å². The topological polar surface area (TPSA) is 39.9 Å². The van der Waals surface area contributed by atoms with Crippen molar-refractivity contribution in [3.8, 4) is 28.5 Å². The summed E-state index contributed by atoms with van der Waals surface area (Å²) in [5.74, 6) is 0.795. The largest absolute Gasteiger partial charge is 0.355 e. The van der Waals surface area contributed by atoms with Crippen molar-refractivity contribution in [3.05, 3.63) is 71.2 Å². The van der Waals surface area contributed by atoms with Crippen LogP contribution in [-0.2, 0) is 0 Å². The van der Waals surface area contributed by atoms with Crippen LogP contribution < -0.4 is 4.90 Å². The van der Waals surface area contributed by atoms with Crippen LogP contribution in [0.2, 0.25) is 5.02 Å². The lowest BCUT2D eigenvalue weighted by atomic mass is 9.97. The molecule has 0 N–H and O–H groups in total. The maximum absolute atomic E-state index is 9.96. The van der Waals surface area contributed by atoms with Gasteiger partial charge in [-0.2, -0.15) is 5.26 Å². The van der Waals surface area contributed by atoms with Gasteiger partial charge in [-0.05, 0) is 43.0 Å². The summed E-state index contributed by atoms with van der Waals surface area (Å²) in [4.78, 5) is 7.18. The van der Waals surface area contributed by atoms with E-state index in [0.29, 0.717) is 10.6 Å². The summed E-state index contributed by atoms with van der Waals surface area (Å²) in [6, 6.07) is 22.2. The van der Waals surface area contributed by atoms with E-state index >= 15 is 0 Å². The van der Waals surface area contributed by atoms with Crippen LogP contribution in [-0.4, -0.2) is 18.1 Å². The molecule has 3 nitrogen and oxygen atoms in total. The number of hydrogen-bond acceptors (Lipinski definition) is 3. The monoisotopic (exact) mass is 373 g/mol. The predicted molar refractivity (Wildman–Crippen MR) is 111 cm³/mol. The molecule has 27 heavy (non-hydrogen) atoms. The van der Waals surface area contributed by atoms with Crippen LogP contribution in [0.25, 0.3) is 22.4 Å². The van der Waals surface area contributed by atoms with Gasteiger partial charge in [0.05, 0.1) is 5.69 Å². The Morgan fingerprint density at radius 2 is 1.59 bits per heavy atom. The third kappa shape index (κ3) is 3.67. The molecule has 1 aliphatic rings. The van der Waals surface area contributed by atoms with Crippen molar-refractivity contribution in [2.75, 3.05) is 18.0 Å². The molecule has 0 saturated carbocycles. The highest BCUT2D eigenvalue weighted by Crippen LogP contribution is 2.35. The Morgan fingerprint density at radius 1 is 0.889 bits per heavy atom. The maximum atomic E-state index is 9.96. The van der Waals surface area contributed by atoms with E-state index in [1.807, 2.05) is 48.5 Å². The van der Waals surface area contributed by atoms with Crippen LogP contribution in [0.1, 0.15) is 24.8 Å². The molecule has 0 radical (unpaired) electrons. The molecule has 2 heterocycles. The summed E-state index contributed by atoms with van der Waals surface area (Å²) >= 11 is 6.07. The number of nitriles is 1. The van der Waals surface area contributed by atoms with Crippen molar-refractivity contribution in [1.82, 2.24) is 4.98 Å². The summed E-state index contributed by atoms with van der Waals surface area (Å²) in [5.41, 5.74) is 4.46. The Kier molecular flexibility index (Phi) is 5.09. The Labute approximate surface area is 164 Å². The van der Waals surface area contributed by atoms with Crippen molar-refractivity contribution in [3.63, 3.8) is 0 Å². The van der Waals surface area contributed by atoms with Crippen LogP contribution in [0.3, 0.4) is 0 Å². The molecule has 0 aliphatic carbocycles. The van der Waals surface area contributed by atoms with E-state index < -0.39 is 0 Å². The van der Waals surface area contributed by atoms with Gasteiger partial charge in [0.1, 0.15) is 17.5 Å². The van der Waals surface area contributed by atoms with Crippen LogP contribution in [0, 0.1) is 11.3 Å². The number of nitrogens with zero attached hydrogens (tertiary/aromatic N) is 3. The van der Waals surface area contributed by atoms with Crippen molar-refractivity contribution in [2.24, 2.45) is 0 Å². The molecule has 2 aromatic carbocycles. The number of rotatable bonds is 3. The molecule has 1 aromatic heterocycles. The zero-order chi connectivity index (χ0) is 18.6. The Morgan fingerprint density at radius 3 is 2.26 bits per heavy atom. The second-order valence-electron chi connectivity index (χ2n) is 6.79. The van der Waals surface area contributed by atoms with Gasteiger partial charge in [-0.1, -0.05) is 54.1 Å². The summed E-state index contributed by atoms with van der Waals surface area (Å²) in [6.07, 6.45) is 3.51. The molecule has 0 amide bonds. The molecule has 0 atom stereocenters. The van der Waals surface area contributed by atoms with Gasteiger partial charge >= 0.3 is 0 Å². The number of hydrogen-bond donors (Lipinski definition) is 0. The van der Waals surface area contributed by atoms with Crippen molar-refractivity contribution in [1.29, 1.82) is 5.26 Å². The van der Waals surface area contributed by atoms with Crippen LogP contribution in [0.15, 0.2) is 60.7 Å². The molecule has 0 spiro atoms. The number of piperidine rings is 1. The van der Waals surface area contributed by atoms with Crippen LogP contribution in [0.4, 0.5) is 5.82 Å². The number of benzene rings is 2. The second-order valence-corrected chi connectivity index (χ2v) is 7.22. The molecule has 0 bridgehead atoms. The normalized spacial score (nSPS) is 14.0. The molecule has 4 heteroatoms. The molecule has 3 aromatic rings. The lowest BCUT2D eigenvalue weighted by molar-refractivity contribution is 0.573. The molecular weight excluding hydrogens is 354 g/mol. The molecule has 1 aliphatic heterocycles. The number of pyridine rings is 1. The zero-order valence-corrected chi connectivity index (χ0v) is 15.8. The second kappa shape index (κ2) is 7.82. The van der Waals surface area contributed by atoms with Gasteiger partial charge in [-0.3, -0.25) is 0 Å². The van der Waals surface area contributed by atoms with Crippen molar-refractivity contribution in [2.45, 2.75) is 19.3 Å². The Bertz CT molecular complexity index is 969. The smallest absolute Gasteiger partial charge is 0.147 e. The first-order valence-electron chi connectivity index (χ1n) is 9.28. The lowest BCUT2D eigenvalue weighted by Gasteiger charge is -2.29. The van der Waals surface area contributed by atoms with E-state index in [0.717, 1.165) is 54.1 Å². The molecule has 1 saturated heterocycles. The highest BCUT2D eigenvalue weighted by atomic mass is 35.5. The number of anilines is 1. The SMILES string of the molecule is N#Cc1c(-c2ccc(Cl)cc2)cc(-c2ccccc2)nc1N1CCCCC1. The number of aromatic nitrogens is 1. The average molecular weight is 374 g/mol. The number of halogens is 1. The summed E-state index contributed by atoms with van der Waals surface area (Å²) in [6.45, 7) is 1.89. The van der Waals surface area contributed by atoms with Crippen molar-refractivity contribution >= 4 is 17.4 Å². The van der Waals surface area contributed by atoms with Gasteiger partial charge in [-0.15, -0.1) is 0 Å². The lowest BCUT2D eigenvalue weighted by Crippen LogP contribution is -2.31. The fourth-order valence-electron chi connectivity index (χ4n) is 3.59. The summed E-state index contributed by atoms with van der Waals surface area (Å²) in [5, 5.41) is 10.7.